The summed E-state index contributed by atoms with van der Waals surface area (Å²) in [5, 5.41) is 8.89. The summed E-state index contributed by atoms with van der Waals surface area (Å²) in [7, 11) is -3.50. The lowest BCUT2D eigenvalue weighted by Crippen LogP contribution is -2.25. The first kappa shape index (κ1) is 12.6. The number of rotatable bonds is 6. The molecule has 0 radical (unpaired) electrons. The van der Waals surface area contributed by atoms with E-state index in [1.807, 2.05) is 0 Å². The third-order valence-corrected chi connectivity index (χ3v) is 4.48. The lowest BCUT2D eigenvalue weighted by molar-refractivity contribution is 0.244. The first-order valence-electron chi connectivity index (χ1n) is 5.73. The molecule has 1 aliphatic carbocycles. The molecule has 0 spiro atoms. The van der Waals surface area contributed by atoms with Gasteiger partial charge in [-0.25, -0.2) is 13.1 Å². The van der Waals surface area contributed by atoms with Crippen molar-refractivity contribution in [2.45, 2.75) is 37.7 Å². The zero-order valence-corrected chi connectivity index (χ0v) is 10.6. The van der Waals surface area contributed by atoms with Gasteiger partial charge in [0.1, 0.15) is 23.0 Å². The molecule has 0 aromatic carbocycles. The van der Waals surface area contributed by atoms with Gasteiger partial charge in [-0.1, -0.05) is 12.8 Å². The second-order valence-corrected chi connectivity index (χ2v) is 6.16. The summed E-state index contributed by atoms with van der Waals surface area (Å²) >= 11 is 0. The molecule has 1 saturated carbocycles. The maximum Gasteiger partial charge on any atom is 0.244 e. The number of aliphatic hydroxyl groups is 1. The fourth-order valence-electron chi connectivity index (χ4n) is 1.75. The third kappa shape index (κ3) is 3.08. The first-order valence-corrected chi connectivity index (χ1v) is 7.21. The zero-order valence-electron chi connectivity index (χ0n) is 9.77. The van der Waals surface area contributed by atoms with E-state index in [9.17, 15) is 8.42 Å². The van der Waals surface area contributed by atoms with Crippen molar-refractivity contribution in [3.8, 4) is 0 Å². The molecular formula is C11H17NO4S. The zero-order chi connectivity index (χ0) is 12.5. The fraction of sp³-hybridized carbons (Fsp3) is 0.636. The van der Waals surface area contributed by atoms with Crippen LogP contribution in [0.1, 0.15) is 30.8 Å². The molecule has 17 heavy (non-hydrogen) atoms. The van der Waals surface area contributed by atoms with E-state index >= 15 is 0 Å². The Morgan fingerprint density at radius 1 is 1.53 bits per heavy atom. The number of furan rings is 1. The minimum absolute atomic E-state index is 0.123. The number of sulfonamides is 1. The summed E-state index contributed by atoms with van der Waals surface area (Å²) in [5.74, 6) is 1.27. The molecule has 1 aromatic heterocycles. The Morgan fingerprint density at radius 2 is 2.24 bits per heavy atom. The van der Waals surface area contributed by atoms with Crippen molar-refractivity contribution in [1.29, 1.82) is 0 Å². The Kier molecular flexibility index (Phi) is 3.56. The van der Waals surface area contributed by atoms with Gasteiger partial charge in [0.05, 0.1) is 0 Å². The van der Waals surface area contributed by atoms with Crippen LogP contribution in [0.3, 0.4) is 0 Å². The van der Waals surface area contributed by atoms with Crippen LogP contribution < -0.4 is 4.72 Å². The second-order valence-electron chi connectivity index (χ2n) is 4.42. The molecular weight excluding hydrogens is 242 g/mol. The summed E-state index contributed by atoms with van der Waals surface area (Å²) in [6.45, 7) is 1.75. The van der Waals surface area contributed by atoms with Gasteiger partial charge in [-0.15, -0.1) is 0 Å². The summed E-state index contributed by atoms with van der Waals surface area (Å²) in [5.41, 5.74) is 0. The van der Waals surface area contributed by atoms with Gasteiger partial charge in [0.2, 0.25) is 10.0 Å². The van der Waals surface area contributed by atoms with Crippen molar-refractivity contribution in [2.24, 2.45) is 5.92 Å². The van der Waals surface area contributed by atoms with Crippen molar-refractivity contribution >= 4 is 10.0 Å². The standard InChI is InChI=1S/C11H17NO4S/c1-8-11(6-10(7-13)16-8)17(14,15)12-5-4-9-2-3-9/h6,9,12-13H,2-5,7H2,1H3. The minimum atomic E-state index is -3.50. The maximum absolute atomic E-state index is 11.9. The molecule has 5 nitrogen and oxygen atoms in total. The van der Waals surface area contributed by atoms with Crippen LogP contribution in [0.25, 0.3) is 0 Å². The van der Waals surface area contributed by atoms with Crippen LogP contribution in [-0.2, 0) is 16.6 Å². The van der Waals surface area contributed by atoms with Gasteiger partial charge in [-0.2, -0.15) is 0 Å². The van der Waals surface area contributed by atoms with Crippen molar-refractivity contribution in [3.05, 3.63) is 17.6 Å². The summed E-state index contributed by atoms with van der Waals surface area (Å²) in [6, 6.07) is 1.37. The second kappa shape index (κ2) is 4.80. The molecule has 0 amide bonds. The monoisotopic (exact) mass is 259 g/mol. The van der Waals surface area contributed by atoms with Gasteiger partial charge in [0.25, 0.3) is 0 Å². The Morgan fingerprint density at radius 3 is 2.76 bits per heavy atom. The molecule has 1 heterocycles. The Bertz CT molecular complexity index is 488. The molecule has 0 bridgehead atoms. The highest BCUT2D eigenvalue weighted by Crippen LogP contribution is 2.31. The SMILES string of the molecule is Cc1oc(CO)cc1S(=O)(=O)NCCC1CC1. The Hall–Kier alpha value is -0.850. The number of hydrogen-bond donors (Lipinski definition) is 2. The van der Waals surface area contributed by atoms with Gasteiger partial charge in [0.15, 0.2) is 0 Å². The fourth-order valence-corrected chi connectivity index (χ4v) is 3.00. The lowest BCUT2D eigenvalue weighted by Gasteiger charge is -2.04. The third-order valence-electron chi connectivity index (χ3n) is 2.91. The van der Waals surface area contributed by atoms with E-state index in [-0.39, 0.29) is 17.3 Å². The number of hydrogen-bond acceptors (Lipinski definition) is 4. The predicted molar refractivity (Wildman–Crippen MR) is 61.9 cm³/mol. The molecule has 2 rings (SSSR count). The molecule has 0 unspecified atom stereocenters. The Labute approximate surface area is 101 Å². The van der Waals surface area contributed by atoms with E-state index in [2.05, 4.69) is 4.72 Å². The van der Waals surface area contributed by atoms with Crippen LogP contribution in [0.5, 0.6) is 0 Å². The van der Waals surface area contributed by atoms with E-state index in [0.29, 0.717) is 18.2 Å². The summed E-state index contributed by atoms with van der Waals surface area (Å²) in [6.07, 6.45) is 3.31. The van der Waals surface area contributed by atoms with Crippen molar-refractivity contribution < 1.29 is 17.9 Å². The van der Waals surface area contributed by atoms with Crippen LogP contribution in [0.15, 0.2) is 15.4 Å². The van der Waals surface area contributed by atoms with Crippen LogP contribution in [0, 0.1) is 12.8 Å². The highest BCUT2D eigenvalue weighted by atomic mass is 32.2. The highest BCUT2D eigenvalue weighted by molar-refractivity contribution is 7.89. The molecule has 1 aliphatic rings. The first-order chi connectivity index (χ1) is 8.03. The molecule has 0 aliphatic heterocycles. The van der Waals surface area contributed by atoms with E-state index in [4.69, 9.17) is 9.52 Å². The van der Waals surface area contributed by atoms with Gasteiger partial charge < -0.3 is 9.52 Å². The van der Waals surface area contributed by atoms with Crippen LogP contribution in [-0.4, -0.2) is 20.1 Å². The van der Waals surface area contributed by atoms with Crippen LogP contribution in [0.2, 0.25) is 0 Å². The van der Waals surface area contributed by atoms with Gasteiger partial charge in [-0.05, 0) is 19.3 Å². The van der Waals surface area contributed by atoms with E-state index in [0.717, 1.165) is 6.42 Å². The Balaban J connectivity index is 2.03. The predicted octanol–water partition coefficient (Wildman–Crippen LogP) is 1.16. The molecule has 0 atom stereocenters. The summed E-state index contributed by atoms with van der Waals surface area (Å²) < 4.78 is 31.5. The van der Waals surface area contributed by atoms with Gasteiger partial charge >= 0.3 is 0 Å². The maximum atomic E-state index is 11.9. The number of aryl methyl sites for hydroxylation is 1. The average Bonchev–Trinajstić information content (AvgIpc) is 2.99. The van der Waals surface area contributed by atoms with E-state index in [1.54, 1.807) is 6.92 Å². The largest absolute Gasteiger partial charge is 0.462 e. The lowest BCUT2D eigenvalue weighted by atomic mass is 10.3. The van der Waals surface area contributed by atoms with Gasteiger partial charge in [0, 0.05) is 12.6 Å². The molecule has 0 saturated heterocycles. The molecule has 1 aromatic rings. The van der Waals surface area contributed by atoms with Crippen molar-refractivity contribution in [2.75, 3.05) is 6.54 Å². The topological polar surface area (TPSA) is 79.5 Å². The van der Waals surface area contributed by atoms with E-state index < -0.39 is 10.0 Å². The van der Waals surface area contributed by atoms with E-state index in [1.165, 1.54) is 18.9 Å². The minimum Gasteiger partial charge on any atom is -0.462 e. The number of aliphatic hydroxyl groups excluding tert-OH is 1. The van der Waals surface area contributed by atoms with Gasteiger partial charge in [-0.3, -0.25) is 0 Å². The smallest absolute Gasteiger partial charge is 0.244 e. The van der Waals surface area contributed by atoms with Crippen molar-refractivity contribution in [3.63, 3.8) is 0 Å². The highest BCUT2D eigenvalue weighted by Gasteiger charge is 2.24. The molecule has 6 heteroatoms. The summed E-state index contributed by atoms with van der Waals surface area (Å²) in [4.78, 5) is 0.123. The van der Waals surface area contributed by atoms with Crippen molar-refractivity contribution in [1.82, 2.24) is 4.72 Å². The quantitative estimate of drug-likeness (QED) is 0.803. The van der Waals surface area contributed by atoms with Crippen LogP contribution in [0.4, 0.5) is 0 Å². The van der Waals surface area contributed by atoms with Crippen LogP contribution >= 0.6 is 0 Å². The molecule has 1 fully saturated rings. The number of nitrogens with one attached hydrogen (secondary N) is 1. The normalized spacial score (nSPS) is 16.4. The molecule has 2 N–H and O–H groups in total. The molecule has 96 valence electrons. The average molecular weight is 259 g/mol.